The van der Waals surface area contributed by atoms with Gasteiger partial charge < -0.3 is 4.74 Å². The summed E-state index contributed by atoms with van der Waals surface area (Å²) in [5, 5.41) is 13.7. The fourth-order valence-corrected chi connectivity index (χ4v) is 2.94. The first-order valence-corrected chi connectivity index (χ1v) is 8.33. The monoisotopic (exact) mass is 377 g/mol. The Bertz CT molecular complexity index is 1080. The number of ether oxygens (including phenoxy) is 1. The number of nitrogens with zero attached hydrogens (tertiary/aromatic N) is 5. The summed E-state index contributed by atoms with van der Waals surface area (Å²) in [5.74, 6) is 0.675. The van der Waals surface area contributed by atoms with Crippen LogP contribution in [0.15, 0.2) is 41.2 Å². The van der Waals surface area contributed by atoms with E-state index >= 15 is 0 Å². The summed E-state index contributed by atoms with van der Waals surface area (Å²) in [7, 11) is 0. The molecule has 0 aliphatic rings. The van der Waals surface area contributed by atoms with Crippen LogP contribution in [0.4, 0.5) is 13.2 Å². The molecule has 10 heteroatoms. The molecule has 0 unspecified atom stereocenters. The number of hydrogen-bond acceptors (Lipinski definition) is 6. The molecule has 26 heavy (non-hydrogen) atoms. The number of hydrogen-bond donors (Lipinski definition) is 0. The molecule has 0 amide bonds. The first-order chi connectivity index (χ1) is 12.4. The van der Waals surface area contributed by atoms with E-state index in [0.717, 1.165) is 12.1 Å². The predicted molar refractivity (Wildman–Crippen MR) is 88.1 cm³/mol. The second kappa shape index (κ2) is 6.06. The standard InChI is InChI=1S/C16H10F3N5OS/c1-9-21-22-14-4-5-15(23-24(9)14)25-13-6-10(16(17,18)19)2-3-11(13)12-7-26-8-20-12/h2-8H,1H3. The molecule has 0 radical (unpaired) electrons. The van der Waals surface area contributed by atoms with Crippen molar-refractivity contribution in [3.05, 3.63) is 52.6 Å². The molecular weight excluding hydrogens is 367 g/mol. The summed E-state index contributed by atoms with van der Waals surface area (Å²) >= 11 is 1.34. The molecule has 0 fully saturated rings. The van der Waals surface area contributed by atoms with E-state index in [-0.39, 0.29) is 11.6 Å². The quantitative estimate of drug-likeness (QED) is 0.531. The Kier molecular flexibility index (Phi) is 3.83. The number of halogens is 3. The second-order valence-corrected chi connectivity index (χ2v) is 6.09. The van der Waals surface area contributed by atoms with Crippen molar-refractivity contribution < 1.29 is 17.9 Å². The van der Waals surface area contributed by atoms with Gasteiger partial charge in [0, 0.05) is 17.0 Å². The number of thiazole rings is 1. The van der Waals surface area contributed by atoms with Gasteiger partial charge in [0.05, 0.1) is 16.8 Å². The molecule has 132 valence electrons. The lowest BCUT2D eigenvalue weighted by atomic mass is 10.1. The molecule has 0 aliphatic heterocycles. The minimum Gasteiger partial charge on any atom is -0.437 e. The SMILES string of the molecule is Cc1nnc2ccc(Oc3cc(C(F)(F)F)ccc3-c3cscn3)nn12. The highest BCUT2D eigenvalue weighted by molar-refractivity contribution is 7.07. The van der Waals surface area contributed by atoms with Gasteiger partial charge in [0.1, 0.15) is 5.75 Å². The minimum absolute atomic E-state index is 0.0169. The molecule has 0 spiro atoms. The number of benzene rings is 1. The molecule has 0 saturated carbocycles. The van der Waals surface area contributed by atoms with Crippen LogP contribution in [0.5, 0.6) is 11.6 Å². The van der Waals surface area contributed by atoms with Gasteiger partial charge in [-0.2, -0.15) is 17.7 Å². The van der Waals surface area contributed by atoms with Crippen LogP contribution >= 0.6 is 11.3 Å². The number of aromatic nitrogens is 5. The van der Waals surface area contributed by atoms with Gasteiger partial charge in [0.2, 0.25) is 5.88 Å². The van der Waals surface area contributed by atoms with Gasteiger partial charge in [-0.25, -0.2) is 4.98 Å². The van der Waals surface area contributed by atoms with Crippen LogP contribution in [0.25, 0.3) is 16.9 Å². The van der Waals surface area contributed by atoms with Crippen molar-refractivity contribution in [3.63, 3.8) is 0 Å². The number of fused-ring (bicyclic) bond motifs is 1. The van der Waals surface area contributed by atoms with Crippen molar-refractivity contribution in [2.45, 2.75) is 13.1 Å². The molecule has 6 nitrogen and oxygen atoms in total. The number of aryl methyl sites for hydroxylation is 1. The van der Waals surface area contributed by atoms with Crippen molar-refractivity contribution >= 4 is 17.0 Å². The van der Waals surface area contributed by atoms with E-state index in [0.29, 0.717) is 22.7 Å². The van der Waals surface area contributed by atoms with Gasteiger partial charge in [0.15, 0.2) is 11.5 Å². The third-order valence-electron chi connectivity index (χ3n) is 3.63. The zero-order valence-electron chi connectivity index (χ0n) is 13.2. The zero-order valence-corrected chi connectivity index (χ0v) is 14.0. The Labute approximate surface area is 148 Å². The van der Waals surface area contributed by atoms with Gasteiger partial charge >= 0.3 is 6.18 Å². The van der Waals surface area contributed by atoms with Gasteiger partial charge in [0.25, 0.3) is 0 Å². The number of rotatable bonds is 3. The summed E-state index contributed by atoms with van der Waals surface area (Å²) in [6.45, 7) is 1.71. The van der Waals surface area contributed by atoms with Crippen LogP contribution in [-0.4, -0.2) is 24.8 Å². The Morgan fingerprint density at radius 2 is 1.96 bits per heavy atom. The van der Waals surface area contributed by atoms with Crippen molar-refractivity contribution in [1.82, 2.24) is 24.8 Å². The highest BCUT2D eigenvalue weighted by atomic mass is 32.1. The van der Waals surface area contributed by atoms with E-state index in [4.69, 9.17) is 4.74 Å². The first-order valence-electron chi connectivity index (χ1n) is 7.38. The topological polar surface area (TPSA) is 65.2 Å². The molecule has 0 bridgehead atoms. The van der Waals surface area contributed by atoms with Gasteiger partial charge in [-0.15, -0.1) is 26.6 Å². The highest BCUT2D eigenvalue weighted by Crippen LogP contribution is 2.38. The fourth-order valence-electron chi connectivity index (χ4n) is 2.39. The summed E-state index contributed by atoms with van der Waals surface area (Å²) in [6, 6.07) is 6.43. The molecule has 0 N–H and O–H groups in total. The molecule has 0 aliphatic carbocycles. The third kappa shape index (κ3) is 2.99. The van der Waals surface area contributed by atoms with E-state index < -0.39 is 11.7 Å². The maximum Gasteiger partial charge on any atom is 0.416 e. The maximum atomic E-state index is 13.1. The first kappa shape index (κ1) is 16.5. The summed E-state index contributed by atoms with van der Waals surface area (Å²) < 4.78 is 46.4. The molecule has 1 aromatic carbocycles. The summed E-state index contributed by atoms with van der Waals surface area (Å²) in [6.07, 6.45) is -4.49. The average molecular weight is 377 g/mol. The van der Waals surface area contributed by atoms with E-state index in [1.54, 1.807) is 23.9 Å². The summed E-state index contributed by atoms with van der Waals surface area (Å²) in [4.78, 5) is 4.15. The zero-order chi connectivity index (χ0) is 18.3. The largest absolute Gasteiger partial charge is 0.437 e. The van der Waals surface area contributed by atoms with Crippen LogP contribution < -0.4 is 4.74 Å². The lowest BCUT2D eigenvalue weighted by molar-refractivity contribution is -0.137. The van der Waals surface area contributed by atoms with E-state index in [1.807, 2.05) is 0 Å². The minimum atomic E-state index is -4.49. The number of alkyl halides is 3. The van der Waals surface area contributed by atoms with Gasteiger partial charge in [-0.1, -0.05) is 0 Å². The lowest BCUT2D eigenvalue weighted by Gasteiger charge is -2.13. The maximum absolute atomic E-state index is 13.1. The Balaban J connectivity index is 1.80. The van der Waals surface area contributed by atoms with E-state index in [1.165, 1.54) is 28.0 Å². The molecule has 3 aromatic heterocycles. The molecular formula is C16H10F3N5OS. The second-order valence-electron chi connectivity index (χ2n) is 5.37. The molecule has 4 aromatic rings. The van der Waals surface area contributed by atoms with Crippen molar-refractivity contribution in [1.29, 1.82) is 0 Å². The van der Waals surface area contributed by atoms with Gasteiger partial charge in [-0.05, 0) is 31.2 Å². The fraction of sp³-hybridized carbons (Fsp3) is 0.125. The average Bonchev–Trinajstić information content (AvgIpc) is 3.25. The van der Waals surface area contributed by atoms with E-state index in [9.17, 15) is 13.2 Å². The van der Waals surface area contributed by atoms with Crippen molar-refractivity contribution in [3.8, 4) is 22.9 Å². The van der Waals surface area contributed by atoms with Crippen LogP contribution in [-0.2, 0) is 6.18 Å². The Hall–Kier alpha value is -3.01. The van der Waals surface area contributed by atoms with Crippen LogP contribution in [0, 0.1) is 6.92 Å². The van der Waals surface area contributed by atoms with Crippen molar-refractivity contribution in [2.24, 2.45) is 0 Å². The Morgan fingerprint density at radius 3 is 2.69 bits per heavy atom. The molecule has 4 rings (SSSR count). The van der Waals surface area contributed by atoms with Crippen molar-refractivity contribution in [2.75, 3.05) is 0 Å². The predicted octanol–water partition coefficient (Wildman–Crippen LogP) is 4.37. The lowest BCUT2D eigenvalue weighted by Crippen LogP contribution is -2.05. The van der Waals surface area contributed by atoms with E-state index in [2.05, 4.69) is 20.3 Å². The van der Waals surface area contributed by atoms with Crippen LogP contribution in [0.1, 0.15) is 11.4 Å². The molecule has 0 atom stereocenters. The highest BCUT2D eigenvalue weighted by Gasteiger charge is 2.31. The normalized spacial score (nSPS) is 11.8. The van der Waals surface area contributed by atoms with Gasteiger partial charge in [-0.3, -0.25) is 0 Å². The van der Waals surface area contributed by atoms with Crippen LogP contribution in [0.3, 0.4) is 0 Å². The van der Waals surface area contributed by atoms with Crippen LogP contribution in [0.2, 0.25) is 0 Å². The molecule has 0 saturated heterocycles. The smallest absolute Gasteiger partial charge is 0.416 e. The third-order valence-corrected chi connectivity index (χ3v) is 4.21. The Morgan fingerprint density at radius 1 is 1.12 bits per heavy atom. The molecule has 3 heterocycles. The summed E-state index contributed by atoms with van der Waals surface area (Å²) in [5.41, 5.74) is 2.27.